The van der Waals surface area contributed by atoms with E-state index in [0.717, 1.165) is 17.9 Å². The highest BCUT2D eigenvalue weighted by atomic mass is 15.1. The molecule has 1 heterocycles. The Morgan fingerprint density at radius 2 is 1.83 bits per heavy atom. The van der Waals surface area contributed by atoms with E-state index in [1.54, 1.807) is 0 Å². The van der Waals surface area contributed by atoms with Crippen molar-refractivity contribution in [3.05, 3.63) is 28.6 Å². The van der Waals surface area contributed by atoms with Gasteiger partial charge in [-0.2, -0.15) is 0 Å². The van der Waals surface area contributed by atoms with Crippen LogP contribution in [0.5, 0.6) is 0 Å². The summed E-state index contributed by atoms with van der Waals surface area (Å²) in [7, 11) is 4.22. The van der Waals surface area contributed by atoms with Crippen LogP contribution in [0.4, 0.5) is 0 Å². The lowest BCUT2D eigenvalue weighted by Gasteiger charge is -2.24. The van der Waals surface area contributed by atoms with Crippen molar-refractivity contribution in [2.75, 3.05) is 20.6 Å². The van der Waals surface area contributed by atoms with Gasteiger partial charge < -0.3 is 10.2 Å². The fraction of sp³-hybridized carbons (Fsp3) is 0.667. The summed E-state index contributed by atoms with van der Waals surface area (Å²) in [6.07, 6.45) is 0. The molecule has 1 rings (SSSR count). The van der Waals surface area contributed by atoms with E-state index in [-0.39, 0.29) is 0 Å². The van der Waals surface area contributed by atoms with Crippen LogP contribution in [0.3, 0.4) is 0 Å². The number of likely N-dealkylation sites (N-methyl/N-ethyl adjacent to an activating group) is 1. The van der Waals surface area contributed by atoms with Crippen LogP contribution in [-0.4, -0.2) is 36.6 Å². The molecule has 0 aliphatic rings. The first kappa shape index (κ1) is 15.1. The summed E-state index contributed by atoms with van der Waals surface area (Å²) >= 11 is 0. The SMILES string of the molecule is Cc1cc(C)c(C(C)NCC(C)N(C)C)c(C)n1. The molecular weight excluding hydrogens is 222 g/mol. The minimum absolute atomic E-state index is 0.348. The van der Waals surface area contributed by atoms with Gasteiger partial charge in [-0.05, 0) is 65.9 Å². The zero-order valence-corrected chi connectivity index (χ0v) is 12.8. The number of nitrogens with one attached hydrogen (secondary N) is 1. The first-order valence-electron chi connectivity index (χ1n) is 6.67. The summed E-state index contributed by atoms with van der Waals surface area (Å²) < 4.78 is 0. The van der Waals surface area contributed by atoms with Gasteiger partial charge in [0.15, 0.2) is 0 Å². The number of aromatic nitrogens is 1. The van der Waals surface area contributed by atoms with Crippen molar-refractivity contribution < 1.29 is 0 Å². The number of hydrogen-bond donors (Lipinski definition) is 1. The normalized spacial score (nSPS) is 14.9. The smallest absolute Gasteiger partial charge is 0.0426 e. The fourth-order valence-electron chi connectivity index (χ4n) is 2.32. The monoisotopic (exact) mass is 249 g/mol. The molecule has 0 spiro atoms. The van der Waals surface area contributed by atoms with E-state index >= 15 is 0 Å². The quantitative estimate of drug-likeness (QED) is 0.869. The Hall–Kier alpha value is -0.930. The van der Waals surface area contributed by atoms with Gasteiger partial charge in [-0.3, -0.25) is 4.98 Å². The lowest BCUT2D eigenvalue weighted by molar-refractivity contribution is 0.295. The topological polar surface area (TPSA) is 28.2 Å². The van der Waals surface area contributed by atoms with Crippen molar-refractivity contribution in [2.24, 2.45) is 0 Å². The van der Waals surface area contributed by atoms with E-state index in [4.69, 9.17) is 0 Å². The maximum Gasteiger partial charge on any atom is 0.0426 e. The first-order valence-corrected chi connectivity index (χ1v) is 6.67. The summed E-state index contributed by atoms with van der Waals surface area (Å²) in [5.41, 5.74) is 4.91. The summed E-state index contributed by atoms with van der Waals surface area (Å²) in [4.78, 5) is 6.80. The minimum atomic E-state index is 0.348. The Kier molecular flexibility index (Phi) is 5.29. The maximum atomic E-state index is 4.57. The Labute approximate surface area is 112 Å². The average molecular weight is 249 g/mol. The van der Waals surface area contributed by atoms with Crippen LogP contribution in [0.15, 0.2) is 6.07 Å². The van der Waals surface area contributed by atoms with Crippen molar-refractivity contribution in [1.82, 2.24) is 15.2 Å². The molecule has 2 atom stereocenters. The molecule has 0 radical (unpaired) electrons. The van der Waals surface area contributed by atoms with E-state index in [0.29, 0.717) is 12.1 Å². The number of aryl methyl sites for hydroxylation is 3. The predicted molar refractivity (Wildman–Crippen MR) is 78.0 cm³/mol. The highest BCUT2D eigenvalue weighted by molar-refractivity contribution is 5.33. The van der Waals surface area contributed by atoms with Crippen LogP contribution < -0.4 is 5.32 Å². The zero-order chi connectivity index (χ0) is 13.9. The van der Waals surface area contributed by atoms with E-state index < -0.39 is 0 Å². The molecule has 1 N–H and O–H groups in total. The summed E-state index contributed by atoms with van der Waals surface area (Å²) in [5.74, 6) is 0. The van der Waals surface area contributed by atoms with Crippen LogP contribution in [-0.2, 0) is 0 Å². The third kappa shape index (κ3) is 3.79. The second kappa shape index (κ2) is 6.30. The van der Waals surface area contributed by atoms with Crippen molar-refractivity contribution >= 4 is 0 Å². The standard InChI is InChI=1S/C15H27N3/c1-10-8-11(2)17-14(5)15(10)13(4)16-9-12(3)18(6)7/h8,12-13,16H,9H2,1-7H3. The van der Waals surface area contributed by atoms with Crippen molar-refractivity contribution in [2.45, 2.75) is 46.7 Å². The molecule has 0 saturated heterocycles. The number of pyridine rings is 1. The molecule has 0 amide bonds. The summed E-state index contributed by atoms with van der Waals surface area (Å²) in [6.45, 7) is 11.8. The van der Waals surface area contributed by atoms with Crippen molar-refractivity contribution in [3.8, 4) is 0 Å². The second-order valence-electron chi connectivity index (χ2n) is 5.52. The van der Waals surface area contributed by atoms with Crippen LogP contribution in [0.25, 0.3) is 0 Å². The van der Waals surface area contributed by atoms with E-state index in [2.05, 4.69) is 70.0 Å². The Bertz CT molecular complexity index is 376. The Morgan fingerprint density at radius 1 is 1.22 bits per heavy atom. The van der Waals surface area contributed by atoms with Gasteiger partial charge in [-0.15, -0.1) is 0 Å². The molecule has 102 valence electrons. The molecule has 1 aromatic heterocycles. The Morgan fingerprint density at radius 3 is 2.33 bits per heavy atom. The molecule has 0 aromatic carbocycles. The highest BCUT2D eigenvalue weighted by Gasteiger charge is 2.14. The van der Waals surface area contributed by atoms with Gasteiger partial charge in [0.2, 0.25) is 0 Å². The molecule has 0 saturated carbocycles. The third-order valence-electron chi connectivity index (χ3n) is 3.62. The zero-order valence-electron chi connectivity index (χ0n) is 12.8. The molecular formula is C15H27N3. The van der Waals surface area contributed by atoms with Gasteiger partial charge in [-0.1, -0.05) is 0 Å². The molecule has 3 heteroatoms. The lowest BCUT2D eigenvalue weighted by atomic mass is 10.0. The van der Waals surface area contributed by atoms with Gasteiger partial charge in [-0.25, -0.2) is 0 Å². The third-order valence-corrected chi connectivity index (χ3v) is 3.62. The van der Waals surface area contributed by atoms with E-state index in [9.17, 15) is 0 Å². The lowest BCUT2D eigenvalue weighted by Crippen LogP contribution is -2.36. The summed E-state index contributed by atoms with van der Waals surface area (Å²) in [6, 6.07) is 3.04. The van der Waals surface area contributed by atoms with Crippen LogP contribution in [0.2, 0.25) is 0 Å². The number of rotatable bonds is 5. The Balaban J connectivity index is 2.76. The highest BCUT2D eigenvalue weighted by Crippen LogP contribution is 2.21. The van der Waals surface area contributed by atoms with Gasteiger partial charge in [0, 0.05) is 30.0 Å². The molecule has 0 fully saturated rings. The minimum Gasteiger partial charge on any atom is -0.309 e. The molecule has 1 aromatic rings. The van der Waals surface area contributed by atoms with E-state index in [1.807, 2.05) is 0 Å². The van der Waals surface area contributed by atoms with E-state index in [1.165, 1.54) is 11.1 Å². The van der Waals surface area contributed by atoms with Crippen molar-refractivity contribution in [3.63, 3.8) is 0 Å². The van der Waals surface area contributed by atoms with Crippen LogP contribution in [0, 0.1) is 20.8 Å². The molecule has 0 aliphatic heterocycles. The molecule has 3 nitrogen and oxygen atoms in total. The van der Waals surface area contributed by atoms with Crippen LogP contribution in [0.1, 0.15) is 42.4 Å². The second-order valence-corrected chi connectivity index (χ2v) is 5.52. The van der Waals surface area contributed by atoms with Gasteiger partial charge in [0.25, 0.3) is 0 Å². The molecule has 0 aliphatic carbocycles. The van der Waals surface area contributed by atoms with Gasteiger partial charge in [0.1, 0.15) is 0 Å². The first-order chi connectivity index (χ1) is 8.32. The number of nitrogens with zero attached hydrogens (tertiary/aromatic N) is 2. The van der Waals surface area contributed by atoms with Crippen LogP contribution >= 0.6 is 0 Å². The largest absolute Gasteiger partial charge is 0.309 e. The summed E-state index contributed by atoms with van der Waals surface area (Å²) in [5, 5.41) is 3.60. The van der Waals surface area contributed by atoms with Gasteiger partial charge in [0.05, 0.1) is 0 Å². The number of hydrogen-bond acceptors (Lipinski definition) is 3. The average Bonchev–Trinajstić information content (AvgIpc) is 2.24. The fourth-order valence-corrected chi connectivity index (χ4v) is 2.32. The molecule has 2 unspecified atom stereocenters. The molecule has 18 heavy (non-hydrogen) atoms. The predicted octanol–water partition coefficient (Wildman–Crippen LogP) is 2.61. The maximum absolute atomic E-state index is 4.57. The van der Waals surface area contributed by atoms with Gasteiger partial charge >= 0.3 is 0 Å². The molecule has 0 bridgehead atoms. The van der Waals surface area contributed by atoms with Crippen molar-refractivity contribution in [1.29, 1.82) is 0 Å².